The predicted octanol–water partition coefficient (Wildman–Crippen LogP) is 2.26. The molecule has 0 spiro atoms. The van der Waals surface area contributed by atoms with Gasteiger partial charge in [0, 0.05) is 6.42 Å². The van der Waals surface area contributed by atoms with Crippen LogP contribution in [0.3, 0.4) is 0 Å². The van der Waals surface area contributed by atoms with Crippen molar-refractivity contribution in [1.82, 2.24) is 0 Å². The molecular weight excluding hydrogens is 112 g/mol. The van der Waals surface area contributed by atoms with E-state index < -0.39 is 0 Å². The lowest BCUT2D eigenvalue weighted by Crippen LogP contribution is -1.96. The van der Waals surface area contributed by atoms with Gasteiger partial charge in [0.05, 0.1) is 12.4 Å². The second-order valence-corrected chi connectivity index (χ2v) is 2.57. The van der Waals surface area contributed by atoms with Gasteiger partial charge in [-0.05, 0) is 19.4 Å². The fourth-order valence-electron chi connectivity index (χ4n) is 0.879. The molecule has 0 N–H and O–H groups in total. The lowest BCUT2D eigenvalue weighted by Gasteiger charge is -1.99. The summed E-state index contributed by atoms with van der Waals surface area (Å²) in [4.78, 5) is 0. The van der Waals surface area contributed by atoms with Crippen LogP contribution in [0.15, 0.2) is 24.0 Å². The van der Waals surface area contributed by atoms with Crippen molar-refractivity contribution in [1.29, 1.82) is 0 Å². The summed E-state index contributed by atoms with van der Waals surface area (Å²) in [5, 5.41) is 0. The zero-order chi connectivity index (χ0) is 6.85. The van der Waals surface area contributed by atoms with E-state index in [1.807, 2.05) is 13.2 Å². The number of hydrogen-bond acceptors (Lipinski definition) is 1. The molecule has 1 rings (SSSR count). The number of allylic oxidation sites excluding steroid dienone is 1. The molecule has 9 heavy (non-hydrogen) atoms. The normalized spacial score (nSPS) is 25.1. The van der Waals surface area contributed by atoms with Gasteiger partial charge in [0.2, 0.25) is 0 Å². The van der Waals surface area contributed by atoms with Crippen LogP contribution in [-0.4, -0.2) is 6.10 Å². The van der Waals surface area contributed by atoms with E-state index in [1.165, 1.54) is 5.57 Å². The van der Waals surface area contributed by atoms with E-state index in [1.54, 1.807) is 0 Å². The Bertz CT molecular complexity index is 156. The Kier molecular flexibility index (Phi) is 1.60. The molecule has 1 heteroatoms. The third-order valence-electron chi connectivity index (χ3n) is 1.50. The molecule has 1 aliphatic rings. The average molecular weight is 124 g/mol. The molecule has 0 fully saturated rings. The minimum Gasteiger partial charge on any atom is -0.498 e. The maximum Gasteiger partial charge on any atom is 0.0992 e. The molecule has 0 saturated carbocycles. The van der Waals surface area contributed by atoms with Gasteiger partial charge < -0.3 is 4.74 Å². The van der Waals surface area contributed by atoms with Crippen LogP contribution in [0.5, 0.6) is 0 Å². The van der Waals surface area contributed by atoms with Crippen molar-refractivity contribution >= 4 is 0 Å². The zero-order valence-corrected chi connectivity index (χ0v) is 5.98. The maximum atomic E-state index is 5.20. The third kappa shape index (κ3) is 1.35. The Morgan fingerprint density at radius 2 is 2.56 bits per heavy atom. The van der Waals surface area contributed by atoms with E-state index in [-0.39, 0.29) is 0 Å². The quantitative estimate of drug-likeness (QED) is 0.521. The Hall–Kier alpha value is -0.720. The van der Waals surface area contributed by atoms with Crippen molar-refractivity contribution in [3.05, 3.63) is 24.0 Å². The van der Waals surface area contributed by atoms with E-state index in [2.05, 4.69) is 13.5 Å². The topological polar surface area (TPSA) is 9.23 Å². The van der Waals surface area contributed by atoms with Gasteiger partial charge >= 0.3 is 0 Å². The number of rotatable bonds is 1. The van der Waals surface area contributed by atoms with Crippen molar-refractivity contribution in [3.8, 4) is 0 Å². The molecule has 0 radical (unpaired) electrons. The highest BCUT2D eigenvalue weighted by Gasteiger charge is 2.12. The first-order chi connectivity index (χ1) is 4.20. The number of ether oxygens (including phenoxy) is 1. The Morgan fingerprint density at radius 3 is 2.78 bits per heavy atom. The van der Waals surface area contributed by atoms with Gasteiger partial charge in [-0.25, -0.2) is 0 Å². The lowest BCUT2D eigenvalue weighted by molar-refractivity contribution is 0.189. The van der Waals surface area contributed by atoms with Gasteiger partial charge in [-0.2, -0.15) is 0 Å². The minimum atomic E-state index is 0.358. The zero-order valence-electron chi connectivity index (χ0n) is 5.98. The highest BCUT2D eigenvalue weighted by atomic mass is 16.5. The third-order valence-corrected chi connectivity index (χ3v) is 1.50. The van der Waals surface area contributed by atoms with Gasteiger partial charge in [0.1, 0.15) is 0 Å². The second-order valence-electron chi connectivity index (χ2n) is 2.57. The summed E-state index contributed by atoms with van der Waals surface area (Å²) in [6.45, 7) is 7.89. The predicted molar refractivity (Wildman–Crippen MR) is 38.1 cm³/mol. The SMILES string of the molecule is C=C(C)C1=CO[C@H](C)C1. The summed E-state index contributed by atoms with van der Waals surface area (Å²) in [5.41, 5.74) is 2.38. The first-order valence-corrected chi connectivity index (χ1v) is 3.20. The van der Waals surface area contributed by atoms with Gasteiger partial charge in [0.15, 0.2) is 0 Å². The van der Waals surface area contributed by atoms with Crippen molar-refractivity contribution in [3.63, 3.8) is 0 Å². The Balaban J connectivity index is 2.55. The molecule has 1 nitrogen and oxygen atoms in total. The molecule has 0 aliphatic carbocycles. The second kappa shape index (κ2) is 2.26. The monoisotopic (exact) mass is 124 g/mol. The molecule has 1 aliphatic heterocycles. The van der Waals surface area contributed by atoms with Crippen molar-refractivity contribution in [2.45, 2.75) is 26.4 Å². The summed E-state index contributed by atoms with van der Waals surface area (Å²) >= 11 is 0. The largest absolute Gasteiger partial charge is 0.498 e. The summed E-state index contributed by atoms with van der Waals surface area (Å²) < 4.78 is 5.20. The van der Waals surface area contributed by atoms with Crippen molar-refractivity contribution in [2.24, 2.45) is 0 Å². The Labute approximate surface area is 56.0 Å². The van der Waals surface area contributed by atoms with Crippen LogP contribution in [0.2, 0.25) is 0 Å². The van der Waals surface area contributed by atoms with Crippen molar-refractivity contribution in [2.75, 3.05) is 0 Å². The van der Waals surface area contributed by atoms with E-state index in [0.29, 0.717) is 6.10 Å². The van der Waals surface area contributed by atoms with Gasteiger partial charge in [0.25, 0.3) is 0 Å². The molecule has 0 unspecified atom stereocenters. The van der Waals surface area contributed by atoms with Crippen LogP contribution in [0.25, 0.3) is 0 Å². The van der Waals surface area contributed by atoms with E-state index >= 15 is 0 Å². The highest BCUT2D eigenvalue weighted by Crippen LogP contribution is 2.22. The van der Waals surface area contributed by atoms with E-state index in [4.69, 9.17) is 4.74 Å². The maximum absolute atomic E-state index is 5.20. The Morgan fingerprint density at radius 1 is 1.89 bits per heavy atom. The summed E-state index contributed by atoms with van der Waals surface area (Å²) in [6.07, 6.45) is 3.19. The molecule has 0 bridgehead atoms. The molecule has 1 atom stereocenters. The average Bonchev–Trinajstić information content (AvgIpc) is 2.14. The fraction of sp³-hybridized carbons (Fsp3) is 0.500. The lowest BCUT2D eigenvalue weighted by atomic mass is 10.1. The molecular formula is C8H12O. The molecule has 0 amide bonds. The molecule has 1 heterocycles. The van der Waals surface area contributed by atoms with Gasteiger partial charge in [-0.3, -0.25) is 0 Å². The molecule has 0 aromatic carbocycles. The van der Waals surface area contributed by atoms with E-state index in [0.717, 1.165) is 12.0 Å². The highest BCUT2D eigenvalue weighted by molar-refractivity contribution is 5.27. The van der Waals surface area contributed by atoms with Crippen LogP contribution in [0.1, 0.15) is 20.3 Å². The standard InChI is InChI=1S/C8H12O/c1-6(2)8-4-7(3)9-5-8/h5,7H,1,4H2,2-3H3/t7-/m1/s1. The van der Waals surface area contributed by atoms with Crippen LogP contribution < -0.4 is 0 Å². The smallest absolute Gasteiger partial charge is 0.0992 e. The summed E-state index contributed by atoms with van der Waals surface area (Å²) in [6, 6.07) is 0. The van der Waals surface area contributed by atoms with Gasteiger partial charge in [-0.15, -0.1) is 0 Å². The van der Waals surface area contributed by atoms with E-state index in [9.17, 15) is 0 Å². The molecule has 0 aromatic rings. The van der Waals surface area contributed by atoms with Crippen molar-refractivity contribution < 1.29 is 4.74 Å². The molecule has 0 aromatic heterocycles. The van der Waals surface area contributed by atoms with Crippen LogP contribution in [0, 0.1) is 0 Å². The van der Waals surface area contributed by atoms with Crippen LogP contribution in [0.4, 0.5) is 0 Å². The van der Waals surface area contributed by atoms with Gasteiger partial charge in [-0.1, -0.05) is 12.2 Å². The molecule has 50 valence electrons. The number of hydrogen-bond donors (Lipinski definition) is 0. The van der Waals surface area contributed by atoms with Crippen LogP contribution >= 0.6 is 0 Å². The fourth-order valence-corrected chi connectivity index (χ4v) is 0.879. The minimum absolute atomic E-state index is 0.358. The van der Waals surface area contributed by atoms with Crippen LogP contribution in [-0.2, 0) is 4.74 Å². The first-order valence-electron chi connectivity index (χ1n) is 3.20. The summed E-state index contributed by atoms with van der Waals surface area (Å²) in [5.74, 6) is 0. The first kappa shape index (κ1) is 6.40. The molecule has 0 saturated heterocycles. The summed E-state index contributed by atoms with van der Waals surface area (Å²) in [7, 11) is 0.